The van der Waals surface area contributed by atoms with Crippen molar-refractivity contribution in [2.75, 3.05) is 32.4 Å². The molecule has 2 aromatic rings. The molecule has 31 heavy (non-hydrogen) atoms. The Morgan fingerprint density at radius 1 is 1.19 bits per heavy atom. The van der Waals surface area contributed by atoms with Gasteiger partial charge in [0.15, 0.2) is 5.43 Å². The van der Waals surface area contributed by atoms with Gasteiger partial charge in [-0.15, -0.1) is 0 Å². The molecule has 1 aromatic heterocycles. The average molecular weight is 445 g/mol. The second-order valence-corrected chi connectivity index (χ2v) is 8.87. The second kappa shape index (κ2) is 7.57. The normalized spacial score (nSPS) is 19.6. The van der Waals surface area contributed by atoms with Gasteiger partial charge in [0, 0.05) is 38.0 Å². The zero-order valence-electron chi connectivity index (χ0n) is 17.7. The molecule has 8 heteroatoms. The number of hydrogen-bond donors (Lipinski definition) is 0. The van der Waals surface area contributed by atoms with E-state index in [2.05, 4.69) is 5.01 Å². The van der Waals surface area contributed by atoms with E-state index in [-0.39, 0.29) is 22.6 Å². The lowest BCUT2D eigenvalue weighted by Gasteiger charge is -2.41. The third-order valence-electron chi connectivity index (χ3n) is 6.65. The summed E-state index contributed by atoms with van der Waals surface area (Å²) < 4.78 is 17.8. The molecule has 0 amide bonds. The highest BCUT2D eigenvalue weighted by atomic mass is 35.5. The molecule has 0 unspecified atom stereocenters. The molecule has 0 bridgehead atoms. The number of halogens is 1. The van der Waals surface area contributed by atoms with E-state index in [1.54, 1.807) is 13.3 Å². The predicted octanol–water partition coefficient (Wildman–Crippen LogP) is 3.69. The largest absolute Gasteiger partial charge is 0.492 e. The maximum atomic E-state index is 12.7. The molecule has 5 rings (SSSR count). The number of esters is 1. The molecule has 1 aromatic carbocycles. The molecular weight excluding hydrogens is 420 g/mol. The smallest absolute Gasteiger partial charge is 0.343 e. The number of carbonyl (C=O) groups is 1. The molecule has 0 N–H and O–H groups in total. The lowest BCUT2D eigenvalue weighted by Crippen LogP contribution is -2.46. The zero-order valence-corrected chi connectivity index (χ0v) is 18.4. The number of benzene rings is 1. The van der Waals surface area contributed by atoms with E-state index in [1.807, 2.05) is 16.8 Å². The van der Waals surface area contributed by atoms with Gasteiger partial charge >= 0.3 is 5.97 Å². The van der Waals surface area contributed by atoms with E-state index in [9.17, 15) is 9.59 Å². The Balaban J connectivity index is 1.63. The summed E-state index contributed by atoms with van der Waals surface area (Å²) in [5, 5.41) is 2.85. The Hall–Kier alpha value is -2.51. The van der Waals surface area contributed by atoms with Crippen molar-refractivity contribution in [1.29, 1.82) is 0 Å². The highest BCUT2D eigenvalue weighted by Crippen LogP contribution is 2.58. The van der Waals surface area contributed by atoms with Crippen LogP contribution in [0.3, 0.4) is 0 Å². The van der Waals surface area contributed by atoms with Crippen molar-refractivity contribution in [3.05, 3.63) is 50.8 Å². The van der Waals surface area contributed by atoms with E-state index in [1.165, 1.54) is 13.2 Å². The Labute approximate surface area is 185 Å². The molecule has 1 spiro atoms. The molecule has 0 radical (unpaired) electrons. The first-order chi connectivity index (χ1) is 15.0. The molecule has 164 valence electrons. The van der Waals surface area contributed by atoms with Crippen LogP contribution in [0.2, 0.25) is 5.02 Å². The Morgan fingerprint density at radius 2 is 2.00 bits per heavy atom. The van der Waals surface area contributed by atoms with Crippen LogP contribution in [0.4, 0.5) is 0 Å². The van der Waals surface area contributed by atoms with Gasteiger partial charge in [0.05, 0.1) is 36.0 Å². The molecule has 1 atom stereocenters. The first kappa shape index (κ1) is 20.4. The molecule has 1 aliphatic carbocycles. The minimum Gasteiger partial charge on any atom is -0.492 e. The van der Waals surface area contributed by atoms with Gasteiger partial charge in [-0.2, -0.15) is 0 Å². The third kappa shape index (κ3) is 3.22. The quantitative estimate of drug-likeness (QED) is 0.500. The fourth-order valence-corrected chi connectivity index (χ4v) is 5.21. The van der Waals surface area contributed by atoms with Crippen LogP contribution in [0, 0.1) is 0 Å². The summed E-state index contributed by atoms with van der Waals surface area (Å²) in [6.45, 7) is 1.14. The van der Waals surface area contributed by atoms with E-state index < -0.39 is 5.97 Å². The molecule has 7 nitrogen and oxygen atoms in total. The number of ether oxygens (including phenoxy) is 3. The first-order valence-corrected chi connectivity index (χ1v) is 11.0. The lowest BCUT2D eigenvalue weighted by molar-refractivity contribution is 0.0598. The van der Waals surface area contributed by atoms with Crippen LogP contribution in [0.25, 0.3) is 11.3 Å². The fourth-order valence-electron chi connectivity index (χ4n) is 4.99. The number of methoxy groups -OCH3 is 2. The van der Waals surface area contributed by atoms with Crippen molar-refractivity contribution in [3.8, 4) is 17.0 Å². The highest BCUT2D eigenvalue weighted by molar-refractivity contribution is 6.32. The van der Waals surface area contributed by atoms with Crippen molar-refractivity contribution in [2.45, 2.75) is 43.7 Å². The molecule has 3 heterocycles. The number of nitrogens with zero attached hydrogens (tertiary/aromatic N) is 2. The van der Waals surface area contributed by atoms with Gasteiger partial charge in [0.1, 0.15) is 11.3 Å². The molecule has 1 saturated carbocycles. The summed E-state index contributed by atoms with van der Waals surface area (Å²) >= 11 is 6.56. The lowest BCUT2D eigenvalue weighted by atomic mass is 9.94. The van der Waals surface area contributed by atoms with Crippen molar-refractivity contribution >= 4 is 17.6 Å². The van der Waals surface area contributed by atoms with Crippen molar-refractivity contribution in [2.24, 2.45) is 0 Å². The van der Waals surface area contributed by atoms with Crippen LogP contribution in [-0.2, 0) is 9.47 Å². The minimum atomic E-state index is -0.621. The van der Waals surface area contributed by atoms with Gasteiger partial charge in [-0.3, -0.25) is 14.5 Å². The van der Waals surface area contributed by atoms with Crippen molar-refractivity contribution < 1.29 is 19.0 Å². The topological polar surface area (TPSA) is 70.0 Å². The van der Waals surface area contributed by atoms with Crippen LogP contribution < -0.4 is 15.2 Å². The summed E-state index contributed by atoms with van der Waals surface area (Å²) in [5.74, 6) is 0.0275. The van der Waals surface area contributed by atoms with Crippen LogP contribution in [0.15, 0.2) is 29.2 Å². The van der Waals surface area contributed by atoms with Gasteiger partial charge in [0.2, 0.25) is 0 Å². The number of aromatic nitrogens is 1. The first-order valence-electron chi connectivity index (χ1n) is 10.6. The van der Waals surface area contributed by atoms with Crippen LogP contribution in [-0.4, -0.2) is 43.6 Å². The molecule has 2 aliphatic heterocycles. The second-order valence-electron chi connectivity index (χ2n) is 8.46. The fraction of sp³-hybridized carbons (Fsp3) is 0.478. The molecule has 1 saturated heterocycles. The van der Waals surface area contributed by atoms with E-state index in [0.29, 0.717) is 24.0 Å². The summed E-state index contributed by atoms with van der Waals surface area (Å²) in [6.07, 6.45) is 6.68. The Morgan fingerprint density at radius 3 is 2.71 bits per heavy atom. The van der Waals surface area contributed by atoms with E-state index >= 15 is 0 Å². The summed E-state index contributed by atoms with van der Waals surface area (Å²) in [6, 6.07) is 5.55. The number of rotatable bonds is 6. The molecular formula is C23H25ClN2O5. The minimum absolute atomic E-state index is 0.0420. The van der Waals surface area contributed by atoms with Gasteiger partial charge in [-0.25, -0.2) is 4.79 Å². The van der Waals surface area contributed by atoms with Gasteiger partial charge < -0.3 is 14.2 Å². The number of pyridine rings is 1. The Kier molecular flexibility index (Phi) is 4.98. The van der Waals surface area contributed by atoms with E-state index in [0.717, 1.165) is 48.9 Å². The number of carbonyl (C=O) groups excluding carboxylic acids is 1. The Bertz CT molecular complexity index is 1110. The predicted molar refractivity (Wildman–Crippen MR) is 117 cm³/mol. The summed E-state index contributed by atoms with van der Waals surface area (Å²) in [5.41, 5.74) is 2.52. The van der Waals surface area contributed by atoms with Gasteiger partial charge in [-0.05, 0) is 43.4 Å². The maximum Gasteiger partial charge on any atom is 0.343 e. The standard InChI is InChI=1S/C23H25ClN2O5/c1-29-8-3-9-31-21-11-15-14(10-17(21)24)19-12-20(27)16(22(28)30-2)13-25(19)26-18(15)4-5-23(26)6-7-23/h10-13,18H,3-9H2,1-2H3/t18-/m1/s1. The van der Waals surface area contributed by atoms with Crippen LogP contribution in [0.5, 0.6) is 5.75 Å². The average Bonchev–Trinajstić information content (AvgIpc) is 3.45. The monoisotopic (exact) mass is 444 g/mol. The van der Waals surface area contributed by atoms with Crippen molar-refractivity contribution in [3.63, 3.8) is 0 Å². The SMILES string of the molecule is COCCCOc1cc2c(cc1Cl)-c1cc(=O)c(C(=O)OC)cn1N1[C@@H]2CCC12CC2. The third-order valence-corrected chi connectivity index (χ3v) is 6.95. The van der Waals surface area contributed by atoms with Crippen LogP contribution >= 0.6 is 11.6 Å². The van der Waals surface area contributed by atoms with E-state index in [4.69, 9.17) is 25.8 Å². The number of hydrogen-bond acceptors (Lipinski definition) is 6. The van der Waals surface area contributed by atoms with Crippen LogP contribution in [0.1, 0.15) is 54.1 Å². The van der Waals surface area contributed by atoms with Gasteiger partial charge in [0.25, 0.3) is 0 Å². The van der Waals surface area contributed by atoms with Gasteiger partial charge in [-0.1, -0.05) is 11.6 Å². The molecule has 3 aliphatic rings. The maximum absolute atomic E-state index is 12.7. The summed E-state index contributed by atoms with van der Waals surface area (Å²) in [7, 11) is 2.95. The number of fused-ring (bicyclic) bond motifs is 7. The molecule has 2 fully saturated rings. The highest BCUT2D eigenvalue weighted by Gasteiger charge is 2.57. The zero-order chi connectivity index (χ0) is 21.8. The summed E-state index contributed by atoms with van der Waals surface area (Å²) in [4.78, 5) is 24.9. The van der Waals surface area contributed by atoms with Crippen molar-refractivity contribution in [1.82, 2.24) is 4.68 Å².